The number of anilines is 1. The summed E-state index contributed by atoms with van der Waals surface area (Å²) in [6.45, 7) is 5.95. The fraction of sp³-hybridized carbons (Fsp3) is 0.258. The van der Waals surface area contributed by atoms with E-state index in [2.05, 4.69) is 0 Å². The molecule has 0 aliphatic carbocycles. The molecule has 4 aromatic rings. The number of thiazole rings is 1. The number of nitrogens with zero attached hydrogens (tertiary/aromatic N) is 2. The molecule has 1 amide bonds. The maximum atomic E-state index is 13.7. The molecular weight excluding hydrogens is 528 g/mol. The van der Waals surface area contributed by atoms with Gasteiger partial charge >= 0.3 is 5.91 Å². The van der Waals surface area contributed by atoms with Gasteiger partial charge in [0, 0.05) is 12.0 Å². The Morgan fingerprint density at radius 1 is 1.05 bits per heavy atom. The van der Waals surface area contributed by atoms with Crippen LogP contribution in [0.1, 0.15) is 40.8 Å². The molecule has 1 fully saturated rings. The summed E-state index contributed by atoms with van der Waals surface area (Å²) in [5, 5.41) is 12.0. The third-order valence-electron chi connectivity index (χ3n) is 7.36. The Morgan fingerprint density at radius 2 is 1.82 bits per heavy atom. The number of aromatic nitrogens is 1. The maximum absolute atomic E-state index is 13.7. The van der Waals surface area contributed by atoms with E-state index in [1.165, 1.54) is 30.5 Å². The molecule has 0 bridgehead atoms. The number of ether oxygens (including phenoxy) is 3. The Morgan fingerprint density at radius 3 is 2.58 bits per heavy atom. The molecule has 8 nitrogen and oxygen atoms in total. The lowest BCUT2D eigenvalue weighted by Gasteiger charge is -2.23. The van der Waals surface area contributed by atoms with Gasteiger partial charge in [0.1, 0.15) is 17.6 Å². The largest absolute Gasteiger partial charge is 0.507 e. The Hall–Kier alpha value is -4.37. The lowest BCUT2D eigenvalue weighted by atomic mass is 9.94. The van der Waals surface area contributed by atoms with Gasteiger partial charge in [0.15, 0.2) is 16.6 Å². The molecular formula is C31H28N2O6S. The molecule has 3 heterocycles. The number of hydrogen-bond donors (Lipinski definition) is 1. The monoisotopic (exact) mass is 556 g/mol. The molecule has 40 heavy (non-hydrogen) atoms. The van der Waals surface area contributed by atoms with Crippen molar-refractivity contribution in [2.24, 2.45) is 0 Å². The molecule has 9 heteroatoms. The number of aryl methyl sites for hydroxylation is 2. The third kappa shape index (κ3) is 4.08. The molecule has 6 rings (SSSR count). The lowest BCUT2D eigenvalue weighted by Crippen LogP contribution is -2.29. The van der Waals surface area contributed by atoms with Crippen molar-refractivity contribution in [3.05, 3.63) is 81.9 Å². The highest BCUT2D eigenvalue weighted by Crippen LogP contribution is 2.46. The lowest BCUT2D eigenvalue weighted by molar-refractivity contribution is -0.132. The van der Waals surface area contributed by atoms with Gasteiger partial charge in [-0.2, -0.15) is 0 Å². The van der Waals surface area contributed by atoms with Crippen LogP contribution in [0.4, 0.5) is 5.13 Å². The molecule has 2 atom stereocenters. The van der Waals surface area contributed by atoms with Crippen molar-refractivity contribution >= 4 is 44.1 Å². The van der Waals surface area contributed by atoms with Crippen LogP contribution in [-0.4, -0.2) is 42.1 Å². The summed E-state index contributed by atoms with van der Waals surface area (Å²) in [7, 11) is 3.05. The van der Waals surface area contributed by atoms with Crippen molar-refractivity contribution in [3.63, 3.8) is 0 Å². The zero-order chi connectivity index (χ0) is 28.3. The molecule has 1 aromatic heterocycles. The number of carbonyl (C=O) groups excluding carboxylic acids is 2. The van der Waals surface area contributed by atoms with E-state index in [1.54, 1.807) is 30.3 Å². The number of Topliss-reactive ketones (excluding diaryl/α,β-unsaturated/α-hetero) is 1. The van der Waals surface area contributed by atoms with Crippen LogP contribution in [-0.2, 0) is 16.0 Å². The summed E-state index contributed by atoms with van der Waals surface area (Å²) < 4.78 is 17.7. The molecule has 1 N–H and O–H groups in total. The van der Waals surface area contributed by atoms with Crippen LogP contribution >= 0.6 is 11.3 Å². The van der Waals surface area contributed by atoms with Gasteiger partial charge in [0.2, 0.25) is 0 Å². The second kappa shape index (κ2) is 9.67. The van der Waals surface area contributed by atoms with E-state index in [1.807, 2.05) is 39.0 Å². The molecule has 2 aliphatic rings. The number of amides is 1. The number of ketones is 1. The Labute approximate surface area is 235 Å². The third-order valence-corrected chi connectivity index (χ3v) is 8.36. The molecule has 1 saturated heterocycles. The van der Waals surface area contributed by atoms with Crippen molar-refractivity contribution in [3.8, 4) is 17.2 Å². The van der Waals surface area contributed by atoms with Crippen molar-refractivity contribution < 1.29 is 28.9 Å². The Kier molecular flexibility index (Phi) is 6.26. The first-order chi connectivity index (χ1) is 19.2. The van der Waals surface area contributed by atoms with Gasteiger partial charge in [-0.1, -0.05) is 23.5 Å². The quantitative estimate of drug-likeness (QED) is 0.186. The van der Waals surface area contributed by atoms with Crippen LogP contribution in [0, 0.1) is 13.8 Å². The molecule has 0 unspecified atom stereocenters. The predicted molar refractivity (Wildman–Crippen MR) is 154 cm³/mol. The van der Waals surface area contributed by atoms with Crippen LogP contribution in [0.5, 0.6) is 17.2 Å². The zero-order valence-electron chi connectivity index (χ0n) is 22.8. The summed E-state index contributed by atoms with van der Waals surface area (Å²) in [6.07, 6.45) is 0.713. The first-order valence-electron chi connectivity index (χ1n) is 12.9. The number of aliphatic hydroxyl groups is 1. The SMILES string of the molecule is COc1ccc([C@H]2C(=C(O)c3ccc4c(c3)C[C@@H](C)O4)C(=O)C(=O)N2c2nc3c(C)cc(C)cc3s2)cc1OC. The number of aliphatic hydroxyl groups excluding tert-OH is 1. The number of hydrogen-bond acceptors (Lipinski definition) is 8. The van der Waals surface area contributed by atoms with Gasteiger partial charge < -0.3 is 19.3 Å². The van der Waals surface area contributed by atoms with E-state index >= 15 is 0 Å². The normalized spacial score (nSPS) is 19.7. The van der Waals surface area contributed by atoms with Gasteiger partial charge in [0.05, 0.1) is 36.1 Å². The van der Waals surface area contributed by atoms with E-state index in [0.717, 1.165) is 32.7 Å². The van der Waals surface area contributed by atoms with Gasteiger partial charge in [-0.15, -0.1) is 0 Å². The molecule has 2 aliphatic heterocycles. The summed E-state index contributed by atoms with van der Waals surface area (Å²) in [5.41, 5.74) is 4.76. The van der Waals surface area contributed by atoms with E-state index in [4.69, 9.17) is 19.2 Å². The molecule has 0 radical (unpaired) electrons. The molecule has 3 aromatic carbocycles. The molecule has 0 spiro atoms. The van der Waals surface area contributed by atoms with Gasteiger partial charge in [-0.05, 0) is 79.4 Å². The Bertz CT molecular complexity index is 1740. The maximum Gasteiger partial charge on any atom is 0.301 e. The van der Waals surface area contributed by atoms with E-state index in [0.29, 0.717) is 34.2 Å². The number of methoxy groups -OCH3 is 2. The minimum atomic E-state index is -0.940. The fourth-order valence-electron chi connectivity index (χ4n) is 5.55. The minimum Gasteiger partial charge on any atom is -0.507 e. The number of carbonyl (C=O) groups is 2. The minimum absolute atomic E-state index is 0.0173. The highest BCUT2D eigenvalue weighted by atomic mass is 32.1. The van der Waals surface area contributed by atoms with Crippen molar-refractivity contribution in [2.75, 3.05) is 19.1 Å². The average molecular weight is 557 g/mol. The van der Waals surface area contributed by atoms with E-state index in [-0.39, 0.29) is 17.4 Å². The number of rotatable bonds is 5. The Balaban J connectivity index is 1.57. The van der Waals surface area contributed by atoms with Gasteiger partial charge in [-0.3, -0.25) is 14.5 Å². The van der Waals surface area contributed by atoms with E-state index in [9.17, 15) is 14.7 Å². The van der Waals surface area contributed by atoms with Crippen LogP contribution in [0.25, 0.3) is 16.0 Å². The second-order valence-electron chi connectivity index (χ2n) is 10.2. The highest BCUT2D eigenvalue weighted by molar-refractivity contribution is 7.22. The molecule has 0 saturated carbocycles. The van der Waals surface area contributed by atoms with Crippen LogP contribution in [0.3, 0.4) is 0 Å². The first kappa shape index (κ1) is 25.9. The van der Waals surface area contributed by atoms with E-state index < -0.39 is 17.7 Å². The van der Waals surface area contributed by atoms with Gasteiger partial charge in [-0.25, -0.2) is 4.98 Å². The average Bonchev–Trinajstić information content (AvgIpc) is 3.60. The van der Waals surface area contributed by atoms with Crippen molar-refractivity contribution in [1.82, 2.24) is 4.98 Å². The zero-order valence-corrected chi connectivity index (χ0v) is 23.6. The van der Waals surface area contributed by atoms with Crippen LogP contribution in [0.2, 0.25) is 0 Å². The van der Waals surface area contributed by atoms with Gasteiger partial charge in [0.25, 0.3) is 5.78 Å². The van der Waals surface area contributed by atoms with Crippen LogP contribution < -0.4 is 19.1 Å². The predicted octanol–water partition coefficient (Wildman–Crippen LogP) is 5.88. The summed E-state index contributed by atoms with van der Waals surface area (Å²) >= 11 is 1.34. The topological polar surface area (TPSA) is 98.2 Å². The summed E-state index contributed by atoms with van der Waals surface area (Å²) in [5.74, 6) is -0.105. The van der Waals surface area contributed by atoms with Crippen LogP contribution in [0.15, 0.2) is 54.1 Å². The highest BCUT2D eigenvalue weighted by Gasteiger charge is 2.48. The first-order valence-corrected chi connectivity index (χ1v) is 13.7. The fourth-order valence-corrected chi connectivity index (χ4v) is 6.72. The summed E-state index contributed by atoms with van der Waals surface area (Å²) in [6, 6.07) is 13.6. The number of fused-ring (bicyclic) bond motifs is 2. The molecule has 204 valence electrons. The summed E-state index contributed by atoms with van der Waals surface area (Å²) in [4.78, 5) is 33.5. The number of benzene rings is 3. The second-order valence-corrected chi connectivity index (χ2v) is 11.2. The van der Waals surface area contributed by atoms with Crippen molar-refractivity contribution in [2.45, 2.75) is 39.3 Å². The standard InChI is InChI=1S/C31H28N2O6S/c1-15-10-16(2)26-24(11-15)40-31(32-26)33-27(18-6-9-22(37-4)23(14-18)38-5)25(29(35)30(33)36)28(34)19-7-8-21-20(13-19)12-17(3)39-21/h6-11,13-14,17,27,34H,12H2,1-5H3/t17-,27+/m1/s1. The smallest absolute Gasteiger partial charge is 0.301 e. The van der Waals surface area contributed by atoms with Crippen molar-refractivity contribution in [1.29, 1.82) is 0 Å².